The van der Waals surface area contributed by atoms with E-state index in [1.165, 1.54) is 12.4 Å². The molecule has 158 valence electrons. The lowest BCUT2D eigenvalue weighted by atomic mass is 10.0. The Morgan fingerprint density at radius 3 is 2.77 bits per heavy atom. The Morgan fingerprint density at radius 1 is 1.23 bits per heavy atom. The highest BCUT2D eigenvalue weighted by Gasteiger charge is 2.49. The predicted octanol–water partition coefficient (Wildman–Crippen LogP) is 4.74. The molecule has 1 aliphatic rings. The summed E-state index contributed by atoms with van der Waals surface area (Å²) < 4.78 is 53.4. The van der Waals surface area contributed by atoms with E-state index in [1.807, 2.05) is 0 Å². The van der Waals surface area contributed by atoms with Crippen molar-refractivity contribution in [2.24, 2.45) is 7.05 Å². The number of nitrogens with zero attached hydrogens (tertiary/aromatic N) is 4. The molecule has 0 aliphatic heterocycles. The van der Waals surface area contributed by atoms with Gasteiger partial charge < -0.3 is 9.46 Å². The van der Waals surface area contributed by atoms with Crippen molar-refractivity contribution in [3.8, 4) is 5.75 Å². The predicted molar refractivity (Wildman–Crippen MR) is 107 cm³/mol. The minimum absolute atomic E-state index is 0.258. The highest BCUT2D eigenvalue weighted by molar-refractivity contribution is 8.00. The summed E-state index contributed by atoms with van der Waals surface area (Å²) in [6, 6.07) is 6.24. The third-order valence-corrected chi connectivity index (χ3v) is 5.91. The number of ether oxygens (including phenoxy) is 1. The number of aromatic nitrogens is 4. The van der Waals surface area contributed by atoms with Gasteiger partial charge in [-0.2, -0.15) is 5.10 Å². The molecule has 10 heteroatoms. The molecular weight excluding hydrogens is 415 g/mol. The summed E-state index contributed by atoms with van der Waals surface area (Å²) >= 11 is 1.06. The van der Waals surface area contributed by atoms with Crippen LogP contribution in [0.3, 0.4) is 0 Å². The summed E-state index contributed by atoms with van der Waals surface area (Å²) in [6.07, 6.45) is 3.02. The second-order valence-electron chi connectivity index (χ2n) is 7.25. The van der Waals surface area contributed by atoms with E-state index in [0.717, 1.165) is 11.9 Å². The molecule has 1 N–H and O–H groups in total. The smallest absolute Gasteiger partial charge is 0.252 e. The topological polar surface area (TPSA) is 64.9 Å². The van der Waals surface area contributed by atoms with Gasteiger partial charge in [-0.3, -0.25) is 4.68 Å². The van der Waals surface area contributed by atoms with Crippen molar-refractivity contribution < 1.29 is 17.9 Å². The molecule has 4 rings (SSSR count). The van der Waals surface area contributed by atoms with Crippen molar-refractivity contribution in [3.05, 3.63) is 60.1 Å². The second kappa shape index (κ2) is 8.17. The molecule has 2 atom stereocenters. The summed E-state index contributed by atoms with van der Waals surface area (Å²) in [6.45, 7) is 1.76. The van der Waals surface area contributed by atoms with Crippen LogP contribution in [0, 0.1) is 12.7 Å². The zero-order valence-electron chi connectivity index (χ0n) is 16.3. The van der Waals surface area contributed by atoms with Crippen molar-refractivity contribution in [2.45, 2.75) is 42.6 Å². The average molecular weight is 435 g/mol. The van der Waals surface area contributed by atoms with Crippen LogP contribution in [0.4, 0.5) is 19.0 Å². The summed E-state index contributed by atoms with van der Waals surface area (Å²) in [5, 5.41) is 4.08. The molecule has 2 heterocycles. The monoisotopic (exact) mass is 435 g/mol. The van der Waals surface area contributed by atoms with Crippen molar-refractivity contribution in [1.82, 2.24) is 19.7 Å². The molecular formula is C20H20F3N5OS. The number of hydrogen-bond acceptors (Lipinski definition) is 6. The summed E-state index contributed by atoms with van der Waals surface area (Å²) in [5.41, 5.74) is 1.33. The zero-order chi connectivity index (χ0) is 21.3. The maximum absolute atomic E-state index is 14.7. The van der Waals surface area contributed by atoms with E-state index in [1.54, 1.807) is 49.2 Å². The van der Waals surface area contributed by atoms with E-state index in [4.69, 9.17) is 4.74 Å². The normalized spacial score (nSPS) is 20.3. The first-order chi connectivity index (χ1) is 14.3. The first-order valence-electron chi connectivity index (χ1n) is 9.34. The molecule has 3 aromatic rings. The lowest BCUT2D eigenvalue weighted by Crippen LogP contribution is -2.23. The van der Waals surface area contributed by atoms with Gasteiger partial charge in [0.15, 0.2) is 0 Å². The number of rotatable bonds is 6. The molecule has 0 unspecified atom stereocenters. The fourth-order valence-electron chi connectivity index (χ4n) is 3.60. The highest BCUT2D eigenvalue weighted by Crippen LogP contribution is 2.46. The van der Waals surface area contributed by atoms with Gasteiger partial charge in [-0.15, -0.1) is 0 Å². The summed E-state index contributed by atoms with van der Waals surface area (Å²) in [5.74, 6) is -3.08. The number of alkyl halides is 2. The molecule has 6 nitrogen and oxygen atoms in total. The third-order valence-electron chi connectivity index (χ3n) is 5.06. The highest BCUT2D eigenvalue weighted by atomic mass is 32.2. The van der Waals surface area contributed by atoms with E-state index in [2.05, 4.69) is 19.8 Å². The molecule has 0 bridgehead atoms. The number of nitrogens with one attached hydrogen (secondary N) is 1. The summed E-state index contributed by atoms with van der Waals surface area (Å²) in [7, 11) is 1.71. The minimum atomic E-state index is -2.84. The second-order valence-corrected chi connectivity index (χ2v) is 8.10. The van der Waals surface area contributed by atoms with Gasteiger partial charge >= 0.3 is 0 Å². The minimum Gasteiger partial charge on any atom is -0.489 e. The number of anilines is 1. The van der Waals surface area contributed by atoms with E-state index < -0.39 is 30.2 Å². The Morgan fingerprint density at radius 2 is 2.07 bits per heavy atom. The van der Waals surface area contributed by atoms with Crippen LogP contribution in [0.25, 0.3) is 0 Å². The van der Waals surface area contributed by atoms with Gasteiger partial charge in [-0.1, -0.05) is 0 Å². The van der Waals surface area contributed by atoms with Gasteiger partial charge in [-0.05, 0) is 42.6 Å². The molecule has 0 saturated heterocycles. The Kier molecular flexibility index (Phi) is 5.59. The Hall–Kier alpha value is -2.75. The number of benzene rings is 1. The molecule has 30 heavy (non-hydrogen) atoms. The van der Waals surface area contributed by atoms with Crippen molar-refractivity contribution in [1.29, 1.82) is 0 Å². The number of aryl methyl sites for hydroxylation is 2. The van der Waals surface area contributed by atoms with Gasteiger partial charge in [0.1, 0.15) is 29.8 Å². The number of hydrogen-bond donors (Lipinski definition) is 1. The zero-order valence-corrected chi connectivity index (χ0v) is 17.2. The Balaban J connectivity index is 1.52. The van der Waals surface area contributed by atoms with Crippen molar-refractivity contribution in [2.75, 3.05) is 4.72 Å². The molecule has 1 fully saturated rings. The van der Waals surface area contributed by atoms with Crippen LogP contribution in [0.2, 0.25) is 0 Å². The SMILES string of the molecule is Cc1cc(SNc2ccncn2)c(F)cc1O[C@H]1CC(F)(F)C[C@@H]1c1ccnn1C. The molecule has 0 spiro atoms. The van der Waals surface area contributed by atoms with Gasteiger partial charge in [-0.25, -0.2) is 23.1 Å². The van der Waals surface area contributed by atoms with Crippen LogP contribution < -0.4 is 9.46 Å². The molecule has 1 aromatic carbocycles. The number of halogens is 3. The third kappa shape index (κ3) is 4.38. The molecule has 0 amide bonds. The van der Waals surface area contributed by atoms with E-state index in [-0.39, 0.29) is 12.2 Å². The Labute approximate surface area is 176 Å². The van der Waals surface area contributed by atoms with Crippen LogP contribution in [-0.2, 0) is 7.05 Å². The van der Waals surface area contributed by atoms with Crippen molar-refractivity contribution >= 4 is 17.8 Å². The maximum atomic E-state index is 14.7. The van der Waals surface area contributed by atoms with Crippen LogP contribution in [-0.4, -0.2) is 31.8 Å². The van der Waals surface area contributed by atoms with Gasteiger partial charge in [0.25, 0.3) is 5.92 Å². The lowest BCUT2D eigenvalue weighted by Gasteiger charge is -2.22. The fourth-order valence-corrected chi connectivity index (χ4v) is 4.33. The van der Waals surface area contributed by atoms with Gasteiger partial charge in [0.05, 0.1) is 4.90 Å². The molecule has 0 radical (unpaired) electrons. The van der Waals surface area contributed by atoms with E-state index in [0.29, 0.717) is 22.0 Å². The van der Waals surface area contributed by atoms with E-state index >= 15 is 0 Å². The Bertz CT molecular complexity index is 1030. The first-order valence-corrected chi connectivity index (χ1v) is 10.2. The summed E-state index contributed by atoms with van der Waals surface area (Å²) in [4.78, 5) is 8.19. The van der Waals surface area contributed by atoms with Gasteiger partial charge in [0.2, 0.25) is 0 Å². The molecule has 2 aromatic heterocycles. The largest absolute Gasteiger partial charge is 0.489 e. The molecule has 1 aliphatic carbocycles. The van der Waals surface area contributed by atoms with Gasteiger partial charge in [0, 0.05) is 50.0 Å². The first kappa shape index (κ1) is 20.5. The molecule has 1 saturated carbocycles. The van der Waals surface area contributed by atoms with E-state index in [9.17, 15) is 13.2 Å². The quantitative estimate of drug-likeness (QED) is 0.565. The van der Waals surface area contributed by atoms with Crippen LogP contribution >= 0.6 is 11.9 Å². The van der Waals surface area contributed by atoms with Crippen LogP contribution in [0.15, 0.2) is 47.9 Å². The van der Waals surface area contributed by atoms with Crippen molar-refractivity contribution in [3.63, 3.8) is 0 Å². The van der Waals surface area contributed by atoms with Crippen LogP contribution in [0.1, 0.15) is 30.0 Å². The maximum Gasteiger partial charge on any atom is 0.252 e. The average Bonchev–Trinajstić information content (AvgIpc) is 3.26. The standard InChI is InChI=1S/C20H20F3N5OS/c1-12-7-18(30-27-19-4-5-24-11-25-19)14(21)8-16(12)29-17-10-20(22,23)9-13(17)15-3-6-26-28(15)2/h3-8,11,13,17H,9-10H2,1-2H3,(H,24,25,27)/t13-,17+/m1/s1. The fraction of sp³-hybridized carbons (Fsp3) is 0.350. The van der Waals surface area contributed by atoms with Crippen LogP contribution in [0.5, 0.6) is 5.75 Å². The lowest BCUT2D eigenvalue weighted by molar-refractivity contribution is -0.00143.